The van der Waals surface area contributed by atoms with Crippen LogP contribution in [0.4, 0.5) is 5.82 Å². The number of nitrogens with one attached hydrogen (secondary N) is 2. The highest BCUT2D eigenvalue weighted by Gasteiger charge is 2.21. The third-order valence-corrected chi connectivity index (χ3v) is 4.73. The van der Waals surface area contributed by atoms with Crippen molar-refractivity contribution in [1.29, 1.82) is 0 Å². The maximum Gasteiger partial charge on any atom is 0.234 e. The Bertz CT molecular complexity index is 765. The van der Waals surface area contributed by atoms with E-state index in [1.54, 1.807) is 12.4 Å². The van der Waals surface area contributed by atoms with Crippen LogP contribution in [-0.2, 0) is 4.79 Å². The molecule has 1 aliphatic rings. The van der Waals surface area contributed by atoms with Crippen molar-refractivity contribution in [3.05, 3.63) is 29.8 Å². The number of carbonyl (C=O) groups is 1. The van der Waals surface area contributed by atoms with E-state index in [-0.39, 0.29) is 5.91 Å². The molecule has 1 saturated heterocycles. The first-order chi connectivity index (χ1) is 13.0. The number of amides is 1. The summed E-state index contributed by atoms with van der Waals surface area (Å²) in [6.07, 6.45) is 6.40. The molecule has 1 amide bonds. The molecule has 3 rings (SSSR count). The first kappa shape index (κ1) is 19.3. The van der Waals surface area contributed by atoms with E-state index >= 15 is 0 Å². The van der Waals surface area contributed by atoms with Gasteiger partial charge in [0.15, 0.2) is 5.82 Å². The first-order valence-corrected chi connectivity index (χ1v) is 9.66. The van der Waals surface area contributed by atoms with Gasteiger partial charge in [0.05, 0.1) is 24.6 Å². The average molecular weight is 371 g/mol. The standard InChI is InChI=1S/C19H29N7O/c1-4-7-21-19(27)13-25-8-5-16(6-9-25)22-17-11-20-12-18(23-17)26-15(3)10-14(2)24-26/h10-12,16H,4-9,13H2,1-3H3,(H,21,27)(H,22,23). The Morgan fingerprint density at radius 2 is 2.04 bits per heavy atom. The van der Waals surface area contributed by atoms with Gasteiger partial charge < -0.3 is 10.6 Å². The van der Waals surface area contributed by atoms with E-state index in [1.165, 1.54) is 0 Å². The average Bonchev–Trinajstić information content (AvgIpc) is 3.00. The summed E-state index contributed by atoms with van der Waals surface area (Å²) in [6.45, 7) is 9.08. The molecule has 2 aromatic heterocycles. The lowest BCUT2D eigenvalue weighted by atomic mass is 10.1. The number of aryl methyl sites for hydroxylation is 2. The second-order valence-corrected chi connectivity index (χ2v) is 7.15. The lowest BCUT2D eigenvalue weighted by Gasteiger charge is -2.32. The summed E-state index contributed by atoms with van der Waals surface area (Å²) in [5, 5.41) is 10.9. The van der Waals surface area contributed by atoms with Crippen LogP contribution in [0.5, 0.6) is 0 Å². The molecule has 1 aliphatic heterocycles. The summed E-state index contributed by atoms with van der Waals surface area (Å²) in [7, 11) is 0. The lowest BCUT2D eigenvalue weighted by Crippen LogP contribution is -2.44. The maximum absolute atomic E-state index is 11.8. The molecule has 2 N–H and O–H groups in total. The summed E-state index contributed by atoms with van der Waals surface area (Å²) in [4.78, 5) is 23.0. The second-order valence-electron chi connectivity index (χ2n) is 7.15. The van der Waals surface area contributed by atoms with E-state index in [0.717, 1.165) is 61.9 Å². The van der Waals surface area contributed by atoms with Crippen LogP contribution in [0.15, 0.2) is 18.5 Å². The summed E-state index contributed by atoms with van der Waals surface area (Å²) < 4.78 is 1.81. The summed E-state index contributed by atoms with van der Waals surface area (Å²) in [5.74, 6) is 1.60. The third-order valence-electron chi connectivity index (χ3n) is 4.73. The molecule has 3 heterocycles. The van der Waals surface area contributed by atoms with Gasteiger partial charge in [0.25, 0.3) is 0 Å². The molecule has 0 aliphatic carbocycles. The number of likely N-dealkylation sites (tertiary alicyclic amines) is 1. The van der Waals surface area contributed by atoms with Crippen LogP contribution in [0.2, 0.25) is 0 Å². The lowest BCUT2D eigenvalue weighted by molar-refractivity contribution is -0.122. The van der Waals surface area contributed by atoms with Crippen LogP contribution < -0.4 is 10.6 Å². The van der Waals surface area contributed by atoms with Gasteiger partial charge >= 0.3 is 0 Å². The van der Waals surface area contributed by atoms with Gasteiger partial charge in [-0.3, -0.25) is 14.7 Å². The Hall–Kier alpha value is -2.48. The van der Waals surface area contributed by atoms with Crippen LogP contribution >= 0.6 is 0 Å². The molecule has 0 spiro atoms. The van der Waals surface area contributed by atoms with Gasteiger partial charge in [0.1, 0.15) is 5.82 Å². The Balaban J connectivity index is 1.53. The highest BCUT2D eigenvalue weighted by atomic mass is 16.2. The minimum atomic E-state index is 0.117. The Morgan fingerprint density at radius 1 is 1.26 bits per heavy atom. The number of aromatic nitrogens is 4. The van der Waals surface area contributed by atoms with Crippen molar-refractivity contribution in [3.63, 3.8) is 0 Å². The van der Waals surface area contributed by atoms with Gasteiger partial charge in [-0.05, 0) is 39.2 Å². The summed E-state index contributed by atoms with van der Waals surface area (Å²) >= 11 is 0. The zero-order valence-corrected chi connectivity index (χ0v) is 16.4. The molecular formula is C19H29N7O. The largest absolute Gasteiger partial charge is 0.366 e. The third kappa shape index (κ3) is 5.26. The predicted octanol–water partition coefficient (Wildman–Crippen LogP) is 1.68. The van der Waals surface area contributed by atoms with Crippen LogP contribution in [0.1, 0.15) is 37.6 Å². The van der Waals surface area contributed by atoms with Crippen molar-refractivity contribution in [3.8, 4) is 5.82 Å². The topological polar surface area (TPSA) is 88.0 Å². The number of rotatable bonds is 7. The fraction of sp³-hybridized carbons (Fsp3) is 0.579. The Kier molecular flexibility index (Phi) is 6.39. The van der Waals surface area contributed by atoms with Crippen molar-refractivity contribution in [2.24, 2.45) is 0 Å². The molecule has 0 bridgehead atoms. The van der Waals surface area contributed by atoms with Crippen molar-refractivity contribution in [2.75, 3.05) is 31.5 Å². The fourth-order valence-electron chi connectivity index (χ4n) is 3.36. The monoisotopic (exact) mass is 371 g/mol. The van der Waals surface area contributed by atoms with Gasteiger partial charge in [-0.15, -0.1) is 0 Å². The second kappa shape index (κ2) is 8.94. The van der Waals surface area contributed by atoms with Crippen LogP contribution in [0.25, 0.3) is 5.82 Å². The van der Waals surface area contributed by atoms with E-state index < -0.39 is 0 Å². The quantitative estimate of drug-likeness (QED) is 0.770. The highest BCUT2D eigenvalue weighted by molar-refractivity contribution is 5.77. The van der Waals surface area contributed by atoms with Crippen molar-refractivity contribution in [1.82, 2.24) is 30.0 Å². The molecule has 8 heteroatoms. The molecule has 1 fully saturated rings. The van der Waals surface area contributed by atoms with E-state index in [0.29, 0.717) is 12.6 Å². The number of nitrogens with zero attached hydrogens (tertiary/aromatic N) is 5. The van der Waals surface area contributed by atoms with Crippen LogP contribution in [-0.4, -0.2) is 62.8 Å². The van der Waals surface area contributed by atoms with E-state index in [4.69, 9.17) is 0 Å². The van der Waals surface area contributed by atoms with Crippen molar-refractivity contribution >= 4 is 11.7 Å². The van der Waals surface area contributed by atoms with E-state index in [2.05, 4.69) is 37.5 Å². The molecule has 146 valence electrons. The summed E-state index contributed by atoms with van der Waals surface area (Å²) in [6, 6.07) is 2.36. The van der Waals surface area contributed by atoms with Crippen molar-refractivity contribution in [2.45, 2.75) is 46.1 Å². The van der Waals surface area contributed by atoms with Crippen molar-refractivity contribution < 1.29 is 4.79 Å². The van der Waals surface area contributed by atoms with Gasteiger partial charge in [0, 0.05) is 31.4 Å². The van der Waals surface area contributed by atoms with Gasteiger partial charge in [-0.1, -0.05) is 6.92 Å². The normalized spacial score (nSPS) is 15.7. The molecule has 8 nitrogen and oxygen atoms in total. The number of anilines is 1. The van der Waals surface area contributed by atoms with Gasteiger partial charge in [-0.2, -0.15) is 5.10 Å². The minimum absolute atomic E-state index is 0.117. The fourth-order valence-corrected chi connectivity index (χ4v) is 3.36. The Morgan fingerprint density at radius 3 is 2.70 bits per heavy atom. The van der Waals surface area contributed by atoms with Crippen LogP contribution in [0.3, 0.4) is 0 Å². The number of piperidine rings is 1. The molecule has 0 unspecified atom stereocenters. The smallest absolute Gasteiger partial charge is 0.234 e. The zero-order chi connectivity index (χ0) is 19.2. The molecule has 0 saturated carbocycles. The molecule has 27 heavy (non-hydrogen) atoms. The molecule has 0 radical (unpaired) electrons. The number of hydrogen-bond donors (Lipinski definition) is 2. The molecule has 2 aromatic rings. The number of hydrogen-bond acceptors (Lipinski definition) is 6. The maximum atomic E-state index is 11.8. The van der Waals surface area contributed by atoms with Gasteiger partial charge in [-0.25, -0.2) is 9.67 Å². The van der Waals surface area contributed by atoms with E-state index in [1.807, 2.05) is 24.6 Å². The predicted molar refractivity (Wildman–Crippen MR) is 105 cm³/mol. The number of carbonyl (C=O) groups excluding carboxylic acids is 1. The van der Waals surface area contributed by atoms with E-state index in [9.17, 15) is 4.79 Å². The highest BCUT2D eigenvalue weighted by Crippen LogP contribution is 2.16. The van der Waals surface area contributed by atoms with Gasteiger partial charge in [0.2, 0.25) is 5.91 Å². The van der Waals surface area contributed by atoms with Crippen LogP contribution in [0, 0.1) is 13.8 Å². The first-order valence-electron chi connectivity index (χ1n) is 9.66. The molecule has 0 atom stereocenters. The molecular weight excluding hydrogens is 342 g/mol. The zero-order valence-electron chi connectivity index (χ0n) is 16.4. The Labute approximate surface area is 160 Å². The molecule has 0 aromatic carbocycles. The SMILES string of the molecule is CCCNC(=O)CN1CCC(Nc2cncc(-n3nc(C)cc3C)n2)CC1. The summed E-state index contributed by atoms with van der Waals surface area (Å²) in [5.41, 5.74) is 2.00. The minimum Gasteiger partial charge on any atom is -0.366 e.